The number of carbonyl (C=O) groups excluding carboxylic acids is 1. The van der Waals surface area contributed by atoms with Gasteiger partial charge in [0.15, 0.2) is 0 Å². The number of carbonyl (C=O) groups is 1. The molecule has 5 nitrogen and oxygen atoms in total. The quantitative estimate of drug-likeness (QED) is 0.836. The first-order chi connectivity index (χ1) is 9.50. The molecule has 0 unspecified atom stereocenters. The van der Waals surface area contributed by atoms with Gasteiger partial charge < -0.3 is 10.2 Å². The lowest BCUT2D eigenvalue weighted by atomic mass is 10.0. The van der Waals surface area contributed by atoms with Gasteiger partial charge in [-0.2, -0.15) is 5.10 Å². The smallest absolute Gasteiger partial charge is 0.272 e. The molecule has 20 heavy (non-hydrogen) atoms. The van der Waals surface area contributed by atoms with Crippen LogP contribution in [0.5, 0.6) is 0 Å². The van der Waals surface area contributed by atoms with Gasteiger partial charge in [0.2, 0.25) is 0 Å². The third kappa shape index (κ3) is 4.07. The molecule has 0 aliphatic carbocycles. The Morgan fingerprint density at radius 2 is 2.15 bits per heavy atom. The summed E-state index contributed by atoms with van der Waals surface area (Å²) in [6, 6.07) is 1.85. The predicted octanol–water partition coefficient (Wildman–Crippen LogP) is 1.97. The van der Waals surface area contributed by atoms with Crippen molar-refractivity contribution in [3.63, 3.8) is 0 Å². The Labute approximate surface area is 121 Å². The number of aromatic nitrogens is 2. The van der Waals surface area contributed by atoms with E-state index in [1.807, 2.05) is 6.07 Å². The van der Waals surface area contributed by atoms with Crippen LogP contribution >= 0.6 is 0 Å². The maximum Gasteiger partial charge on any atom is 0.272 e. The Kier molecular flexibility index (Phi) is 4.81. The van der Waals surface area contributed by atoms with Crippen molar-refractivity contribution in [1.29, 1.82) is 0 Å². The third-order valence-corrected chi connectivity index (χ3v) is 3.65. The summed E-state index contributed by atoms with van der Waals surface area (Å²) in [5.41, 5.74) is 1.28. The van der Waals surface area contributed by atoms with Gasteiger partial charge in [-0.05, 0) is 52.3 Å². The van der Waals surface area contributed by atoms with Crippen molar-refractivity contribution in [3.05, 3.63) is 17.5 Å². The van der Waals surface area contributed by atoms with Crippen molar-refractivity contribution in [3.8, 4) is 0 Å². The van der Waals surface area contributed by atoms with Crippen molar-refractivity contribution in [2.75, 3.05) is 19.6 Å². The van der Waals surface area contributed by atoms with E-state index < -0.39 is 0 Å². The van der Waals surface area contributed by atoms with Gasteiger partial charge in [0.1, 0.15) is 5.69 Å². The molecular weight excluding hydrogens is 252 g/mol. The van der Waals surface area contributed by atoms with Crippen molar-refractivity contribution in [1.82, 2.24) is 20.4 Å². The standard InChI is InChI=1S/C15H26N4O/c1-4-7-12-10-13(18-17-12)14(20)16-15(2,3)11-19-8-5-6-9-19/h10H,4-9,11H2,1-3H3,(H,16,20)(H,17,18). The van der Waals surface area contributed by atoms with E-state index in [4.69, 9.17) is 0 Å². The van der Waals surface area contributed by atoms with Gasteiger partial charge in [-0.1, -0.05) is 13.3 Å². The number of likely N-dealkylation sites (tertiary alicyclic amines) is 1. The van der Waals surface area contributed by atoms with Crippen molar-refractivity contribution < 1.29 is 4.79 Å². The topological polar surface area (TPSA) is 61.0 Å². The van der Waals surface area contributed by atoms with E-state index in [-0.39, 0.29) is 11.4 Å². The molecule has 2 rings (SSSR count). The number of amides is 1. The molecule has 2 N–H and O–H groups in total. The molecule has 0 radical (unpaired) electrons. The minimum absolute atomic E-state index is 0.0900. The normalized spacial score (nSPS) is 16.6. The van der Waals surface area contributed by atoms with E-state index in [9.17, 15) is 4.79 Å². The summed E-state index contributed by atoms with van der Waals surface area (Å²) in [6.07, 6.45) is 4.51. The number of nitrogens with zero attached hydrogens (tertiary/aromatic N) is 2. The lowest BCUT2D eigenvalue weighted by Crippen LogP contribution is -2.51. The zero-order chi connectivity index (χ0) is 14.6. The van der Waals surface area contributed by atoms with Gasteiger partial charge >= 0.3 is 0 Å². The Bertz CT molecular complexity index is 446. The lowest BCUT2D eigenvalue weighted by molar-refractivity contribution is 0.0888. The van der Waals surface area contributed by atoms with E-state index in [1.54, 1.807) is 0 Å². The first kappa shape index (κ1) is 15.0. The molecule has 112 valence electrons. The van der Waals surface area contributed by atoms with Gasteiger partial charge in [-0.25, -0.2) is 0 Å². The van der Waals surface area contributed by atoms with Crippen LogP contribution in [0.1, 0.15) is 56.2 Å². The highest BCUT2D eigenvalue weighted by atomic mass is 16.2. The monoisotopic (exact) mass is 278 g/mol. The van der Waals surface area contributed by atoms with Gasteiger partial charge in [0, 0.05) is 17.8 Å². The van der Waals surface area contributed by atoms with Crippen LogP contribution in [0.25, 0.3) is 0 Å². The summed E-state index contributed by atoms with van der Waals surface area (Å²) in [5.74, 6) is -0.0900. The zero-order valence-electron chi connectivity index (χ0n) is 12.8. The minimum Gasteiger partial charge on any atom is -0.344 e. The SMILES string of the molecule is CCCc1cc(C(=O)NC(C)(C)CN2CCCC2)n[nH]1. The third-order valence-electron chi connectivity index (χ3n) is 3.65. The molecule has 0 atom stereocenters. The summed E-state index contributed by atoms with van der Waals surface area (Å²) in [5, 5.41) is 10.1. The number of aryl methyl sites for hydroxylation is 1. The first-order valence-corrected chi connectivity index (χ1v) is 7.59. The second-order valence-corrected chi connectivity index (χ2v) is 6.35. The molecule has 1 aliphatic heterocycles. The van der Waals surface area contributed by atoms with E-state index in [2.05, 4.69) is 41.2 Å². The van der Waals surface area contributed by atoms with Gasteiger partial charge in [-0.3, -0.25) is 9.89 Å². The Morgan fingerprint density at radius 3 is 2.80 bits per heavy atom. The van der Waals surface area contributed by atoms with E-state index in [0.29, 0.717) is 5.69 Å². The molecule has 0 spiro atoms. The molecule has 2 heterocycles. The molecule has 0 saturated carbocycles. The van der Waals surface area contributed by atoms with E-state index in [1.165, 1.54) is 12.8 Å². The van der Waals surface area contributed by atoms with E-state index in [0.717, 1.165) is 38.2 Å². The Balaban J connectivity index is 1.91. The maximum absolute atomic E-state index is 12.2. The molecule has 0 bridgehead atoms. The highest BCUT2D eigenvalue weighted by molar-refractivity contribution is 5.92. The zero-order valence-corrected chi connectivity index (χ0v) is 12.8. The lowest BCUT2D eigenvalue weighted by Gasteiger charge is -2.30. The highest BCUT2D eigenvalue weighted by Gasteiger charge is 2.26. The number of H-pyrrole nitrogens is 1. The summed E-state index contributed by atoms with van der Waals surface area (Å²) >= 11 is 0. The average Bonchev–Trinajstić information content (AvgIpc) is 2.99. The van der Waals surface area contributed by atoms with Crippen LogP contribution in [0.3, 0.4) is 0 Å². The van der Waals surface area contributed by atoms with Crippen LogP contribution in [-0.2, 0) is 6.42 Å². The molecule has 0 aromatic carbocycles. The maximum atomic E-state index is 12.2. The second kappa shape index (κ2) is 6.39. The Hall–Kier alpha value is -1.36. The van der Waals surface area contributed by atoms with Crippen molar-refractivity contribution >= 4 is 5.91 Å². The number of aromatic amines is 1. The fourth-order valence-corrected chi connectivity index (χ4v) is 2.79. The summed E-state index contributed by atoms with van der Waals surface area (Å²) < 4.78 is 0. The van der Waals surface area contributed by atoms with Crippen LogP contribution in [-0.4, -0.2) is 46.2 Å². The molecule has 1 aromatic heterocycles. The van der Waals surface area contributed by atoms with Gasteiger partial charge in [0.05, 0.1) is 0 Å². The van der Waals surface area contributed by atoms with Gasteiger partial charge in [-0.15, -0.1) is 0 Å². The van der Waals surface area contributed by atoms with Crippen LogP contribution in [0.2, 0.25) is 0 Å². The molecule has 5 heteroatoms. The Morgan fingerprint density at radius 1 is 1.45 bits per heavy atom. The molecule has 1 saturated heterocycles. The summed E-state index contributed by atoms with van der Waals surface area (Å²) in [4.78, 5) is 14.6. The highest BCUT2D eigenvalue weighted by Crippen LogP contribution is 2.13. The number of hydrogen-bond donors (Lipinski definition) is 2. The van der Waals surface area contributed by atoms with E-state index >= 15 is 0 Å². The fourth-order valence-electron chi connectivity index (χ4n) is 2.79. The second-order valence-electron chi connectivity index (χ2n) is 6.35. The van der Waals surface area contributed by atoms with Crippen molar-refractivity contribution in [2.24, 2.45) is 0 Å². The number of rotatable bonds is 6. The summed E-state index contributed by atoms with van der Waals surface area (Å²) in [6.45, 7) is 9.43. The minimum atomic E-state index is -0.231. The fraction of sp³-hybridized carbons (Fsp3) is 0.733. The largest absolute Gasteiger partial charge is 0.344 e. The molecule has 1 fully saturated rings. The predicted molar refractivity (Wildman–Crippen MR) is 79.8 cm³/mol. The van der Waals surface area contributed by atoms with Crippen molar-refractivity contribution in [2.45, 2.75) is 52.0 Å². The molecule has 1 aromatic rings. The van der Waals surface area contributed by atoms with Crippen LogP contribution < -0.4 is 5.32 Å². The molecule has 1 aliphatic rings. The van der Waals surface area contributed by atoms with Crippen LogP contribution in [0.15, 0.2) is 6.07 Å². The molecular formula is C15H26N4O. The van der Waals surface area contributed by atoms with Crippen LogP contribution in [0, 0.1) is 0 Å². The summed E-state index contributed by atoms with van der Waals surface area (Å²) in [7, 11) is 0. The average molecular weight is 278 g/mol. The number of nitrogens with one attached hydrogen (secondary N) is 2. The van der Waals surface area contributed by atoms with Gasteiger partial charge in [0.25, 0.3) is 5.91 Å². The van der Waals surface area contributed by atoms with Crippen LogP contribution in [0.4, 0.5) is 0 Å². The first-order valence-electron chi connectivity index (χ1n) is 7.59. The number of hydrogen-bond acceptors (Lipinski definition) is 3. The molecule has 1 amide bonds.